The maximum Gasteiger partial charge on any atom is 0.210 e. The highest BCUT2D eigenvalue weighted by atomic mass is 16.1. The molecule has 2 aromatic rings. The first-order chi connectivity index (χ1) is 11.0. The molecule has 0 saturated heterocycles. The number of benzene rings is 1. The van der Waals surface area contributed by atoms with E-state index in [1.165, 1.54) is 0 Å². The fourth-order valence-electron chi connectivity index (χ4n) is 3.23. The molecule has 1 heterocycles. The van der Waals surface area contributed by atoms with Gasteiger partial charge in [-0.15, -0.1) is 0 Å². The largest absolute Gasteiger partial charge is 0.344 e. The van der Waals surface area contributed by atoms with Crippen LogP contribution in [0.25, 0.3) is 0 Å². The highest BCUT2D eigenvalue weighted by molar-refractivity contribution is 6.30. The Labute approximate surface area is 135 Å². The summed E-state index contributed by atoms with van der Waals surface area (Å²) in [6, 6.07) is 6.81. The third-order valence-electron chi connectivity index (χ3n) is 4.58. The van der Waals surface area contributed by atoms with Crippen LogP contribution in [0, 0.1) is 6.92 Å². The van der Waals surface area contributed by atoms with E-state index < -0.39 is 0 Å². The molecule has 0 spiro atoms. The van der Waals surface area contributed by atoms with Gasteiger partial charge in [0.2, 0.25) is 5.78 Å². The van der Waals surface area contributed by atoms with Gasteiger partial charge in [0, 0.05) is 30.3 Å². The second-order valence-electron chi connectivity index (χ2n) is 5.97. The molecule has 0 bridgehead atoms. The topological polar surface area (TPSA) is 56.1 Å². The molecule has 0 saturated carbocycles. The first kappa shape index (κ1) is 15.4. The average molecular weight is 309 g/mol. The maximum atomic E-state index is 12.9. The molecule has 3 rings (SSSR count). The highest BCUT2D eigenvalue weighted by Crippen LogP contribution is 2.33. The summed E-state index contributed by atoms with van der Waals surface area (Å²) in [5.74, 6) is -0.462. The van der Waals surface area contributed by atoms with Gasteiger partial charge in [-0.2, -0.15) is 0 Å². The predicted octanol–water partition coefficient (Wildman–Crippen LogP) is 3.48. The van der Waals surface area contributed by atoms with E-state index >= 15 is 0 Å². The van der Waals surface area contributed by atoms with Crippen molar-refractivity contribution in [3.63, 3.8) is 0 Å². The molecule has 118 valence electrons. The Morgan fingerprint density at radius 2 is 1.70 bits per heavy atom. The van der Waals surface area contributed by atoms with Crippen molar-refractivity contribution in [1.82, 2.24) is 4.57 Å². The van der Waals surface area contributed by atoms with Crippen molar-refractivity contribution in [2.75, 3.05) is 0 Å². The fourth-order valence-corrected chi connectivity index (χ4v) is 3.23. The molecular formula is C19H19NO3. The number of Topliss-reactive ketones (excluding diaryl/α,β-unsaturated/α-hetero) is 1. The van der Waals surface area contributed by atoms with Gasteiger partial charge < -0.3 is 4.57 Å². The van der Waals surface area contributed by atoms with Crippen LogP contribution in [0.15, 0.2) is 24.3 Å². The number of fused-ring (bicyclic) bond motifs is 2. The molecule has 0 atom stereocenters. The van der Waals surface area contributed by atoms with Crippen LogP contribution >= 0.6 is 0 Å². The van der Waals surface area contributed by atoms with Gasteiger partial charge in [0.1, 0.15) is 5.69 Å². The number of hydrogen-bond acceptors (Lipinski definition) is 3. The van der Waals surface area contributed by atoms with Crippen LogP contribution in [-0.2, 0) is 7.05 Å². The number of nitrogens with zero attached hydrogens (tertiary/aromatic N) is 1. The van der Waals surface area contributed by atoms with E-state index in [0.29, 0.717) is 34.5 Å². The molecule has 0 N–H and O–H groups in total. The van der Waals surface area contributed by atoms with E-state index in [-0.39, 0.29) is 22.9 Å². The molecule has 0 fully saturated rings. The maximum absolute atomic E-state index is 12.9. The van der Waals surface area contributed by atoms with Crippen molar-refractivity contribution in [3.8, 4) is 0 Å². The standard InChI is InChI=1S/C19H19NO3/c1-4-5-10-14(21)15-11(2)20(3)17-16(15)18(22)12-8-6-7-9-13(12)19(17)23/h6-9H,4-5,10H2,1-3H3. The fraction of sp³-hybridized carbons (Fsp3) is 0.316. The van der Waals surface area contributed by atoms with E-state index in [1.54, 1.807) is 42.8 Å². The molecule has 4 nitrogen and oxygen atoms in total. The van der Waals surface area contributed by atoms with E-state index in [2.05, 4.69) is 0 Å². The number of hydrogen-bond donors (Lipinski definition) is 0. The summed E-state index contributed by atoms with van der Waals surface area (Å²) in [5.41, 5.74) is 2.54. The minimum atomic E-state index is -0.223. The van der Waals surface area contributed by atoms with Crippen molar-refractivity contribution in [2.45, 2.75) is 33.1 Å². The van der Waals surface area contributed by atoms with Crippen LogP contribution in [0.2, 0.25) is 0 Å². The highest BCUT2D eigenvalue weighted by Gasteiger charge is 2.37. The van der Waals surface area contributed by atoms with Gasteiger partial charge in [0.05, 0.1) is 11.1 Å². The van der Waals surface area contributed by atoms with Gasteiger partial charge in [0.15, 0.2) is 11.6 Å². The van der Waals surface area contributed by atoms with Gasteiger partial charge in [-0.3, -0.25) is 14.4 Å². The molecule has 1 aliphatic carbocycles. The lowest BCUT2D eigenvalue weighted by molar-refractivity contribution is 0.0956. The normalized spacial score (nSPS) is 13.0. The van der Waals surface area contributed by atoms with E-state index in [4.69, 9.17) is 0 Å². The van der Waals surface area contributed by atoms with Crippen molar-refractivity contribution in [1.29, 1.82) is 0 Å². The molecular weight excluding hydrogens is 290 g/mol. The Morgan fingerprint density at radius 1 is 1.09 bits per heavy atom. The molecule has 1 aromatic carbocycles. The summed E-state index contributed by atoms with van der Waals surface area (Å²) in [6.07, 6.45) is 2.09. The van der Waals surface area contributed by atoms with Gasteiger partial charge in [0.25, 0.3) is 0 Å². The van der Waals surface area contributed by atoms with E-state index in [0.717, 1.165) is 12.8 Å². The lowest BCUT2D eigenvalue weighted by Crippen LogP contribution is -2.23. The minimum Gasteiger partial charge on any atom is -0.344 e. The van der Waals surface area contributed by atoms with Crippen LogP contribution in [0.3, 0.4) is 0 Å². The van der Waals surface area contributed by atoms with E-state index in [9.17, 15) is 14.4 Å². The minimum absolute atomic E-state index is 0.0540. The second-order valence-corrected chi connectivity index (χ2v) is 5.97. The average Bonchev–Trinajstić information content (AvgIpc) is 2.82. The summed E-state index contributed by atoms with van der Waals surface area (Å²) < 4.78 is 1.69. The monoisotopic (exact) mass is 309 g/mol. The molecule has 0 radical (unpaired) electrons. The number of ketones is 3. The van der Waals surface area contributed by atoms with Crippen LogP contribution in [-0.4, -0.2) is 21.9 Å². The number of carbonyl (C=O) groups is 3. The predicted molar refractivity (Wildman–Crippen MR) is 87.3 cm³/mol. The number of carbonyl (C=O) groups excluding carboxylic acids is 3. The Bertz CT molecular complexity index is 843. The van der Waals surface area contributed by atoms with Crippen molar-refractivity contribution in [3.05, 3.63) is 57.9 Å². The smallest absolute Gasteiger partial charge is 0.210 e. The van der Waals surface area contributed by atoms with Crippen LogP contribution in [0.4, 0.5) is 0 Å². The quantitative estimate of drug-likeness (QED) is 0.693. The van der Waals surface area contributed by atoms with Crippen LogP contribution in [0.1, 0.15) is 74.2 Å². The van der Waals surface area contributed by atoms with E-state index in [1.807, 2.05) is 6.92 Å². The van der Waals surface area contributed by atoms with Crippen LogP contribution in [0.5, 0.6) is 0 Å². The third kappa shape index (κ3) is 2.17. The molecule has 0 amide bonds. The Hall–Kier alpha value is -2.49. The first-order valence-electron chi connectivity index (χ1n) is 7.89. The summed E-state index contributed by atoms with van der Waals surface area (Å²) in [6.45, 7) is 3.81. The summed E-state index contributed by atoms with van der Waals surface area (Å²) in [5, 5.41) is 0. The number of aromatic nitrogens is 1. The summed E-state index contributed by atoms with van der Waals surface area (Å²) in [4.78, 5) is 38.3. The van der Waals surface area contributed by atoms with Crippen molar-refractivity contribution >= 4 is 17.3 Å². The number of unbranched alkanes of at least 4 members (excludes halogenated alkanes) is 1. The summed E-state index contributed by atoms with van der Waals surface area (Å²) in [7, 11) is 1.74. The SMILES string of the molecule is CCCCC(=O)c1c2c(n(C)c1C)C(=O)c1ccccc1C2=O. The lowest BCUT2D eigenvalue weighted by atomic mass is 9.85. The zero-order chi connectivity index (χ0) is 16.7. The molecule has 4 heteroatoms. The Morgan fingerprint density at radius 3 is 2.30 bits per heavy atom. The zero-order valence-electron chi connectivity index (χ0n) is 13.6. The zero-order valence-corrected chi connectivity index (χ0v) is 13.6. The van der Waals surface area contributed by atoms with Crippen molar-refractivity contribution in [2.24, 2.45) is 7.05 Å². The molecule has 1 aliphatic rings. The van der Waals surface area contributed by atoms with Crippen LogP contribution < -0.4 is 0 Å². The second kappa shape index (κ2) is 5.61. The summed E-state index contributed by atoms with van der Waals surface area (Å²) >= 11 is 0. The molecule has 0 aliphatic heterocycles. The third-order valence-corrected chi connectivity index (χ3v) is 4.58. The number of rotatable bonds is 4. The first-order valence-corrected chi connectivity index (χ1v) is 7.89. The molecule has 0 unspecified atom stereocenters. The lowest BCUT2D eigenvalue weighted by Gasteiger charge is -2.16. The van der Waals surface area contributed by atoms with Gasteiger partial charge in [-0.25, -0.2) is 0 Å². The van der Waals surface area contributed by atoms with Gasteiger partial charge in [-0.1, -0.05) is 37.6 Å². The van der Waals surface area contributed by atoms with Gasteiger partial charge in [-0.05, 0) is 13.3 Å². The molecule has 23 heavy (non-hydrogen) atoms. The van der Waals surface area contributed by atoms with Crippen molar-refractivity contribution < 1.29 is 14.4 Å². The van der Waals surface area contributed by atoms with Gasteiger partial charge >= 0.3 is 0 Å². The Kier molecular flexibility index (Phi) is 3.76. The molecule has 1 aromatic heterocycles. The Balaban J connectivity index is 2.23.